The summed E-state index contributed by atoms with van der Waals surface area (Å²) in [6.45, 7) is 5.34. The Hall–Kier alpha value is -2.04. The summed E-state index contributed by atoms with van der Waals surface area (Å²) in [5.74, 6) is 0. The lowest BCUT2D eigenvalue weighted by molar-refractivity contribution is -0.385. The lowest BCUT2D eigenvalue weighted by atomic mass is 9.98. The van der Waals surface area contributed by atoms with Gasteiger partial charge in [0.15, 0.2) is 9.84 Å². The molecule has 0 saturated heterocycles. The Morgan fingerprint density at radius 1 is 1.16 bits per heavy atom. The van der Waals surface area contributed by atoms with E-state index in [-0.39, 0.29) is 23.4 Å². The van der Waals surface area contributed by atoms with Crippen LogP contribution in [0, 0.1) is 17.0 Å². The SMILES string of the molecule is CCCC[C@@](CC)(C(Cl)NNC(N)c1ccccc1)S(=O)(=O)c1cc([N+](=O)[O-])ccc1C. The highest BCUT2D eigenvalue weighted by Crippen LogP contribution is 2.40. The van der Waals surface area contributed by atoms with Gasteiger partial charge in [-0.1, -0.05) is 63.1 Å². The van der Waals surface area contributed by atoms with Crippen LogP contribution in [0.4, 0.5) is 5.69 Å². The van der Waals surface area contributed by atoms with Crippen molar-refractivity contribution in [2.75, 3.05) is 0 Å². The molecule has 0 aliphatic rings. The van der Waals surface area contributed by atoms with E-state index in [4.69, 9.17) is 17.3 Å². The van der Waals surface area contributed by atoms with E-state index in [0.29, 0.717) is 12.0 Å². The molecule has 0 aromatic heterocycles. The van der Waals surface area contributed by atoms with Crippen LogP contribution in [-0.2, 0) is 9.84 Å². The van der Waals surface area contributed by atoms with Gasteiger partial charge in [0.25, 0.3) is 5.69 Å². The summed E-state index contributed by atoms with van der Waals surface area (Å²) in [7, 11) is -4.06. The van der Waals surface area contributed by atoms with Crippen molar-refractivity contribution in [2.24, 2.45) is 5.73 Å². The first-order valence-corrected chi connectivity index (χ1v) is 12.5. The van der Waals surface area contributed by atoms with E-state index in [1.807, 2.05) is 37.3 Å². The highest BCUT2D eigenvalue weighted by atomic mass is 35.5. The molecule has 2 aromatic carbocycles. The average Bonchev–Trinajstić information content (AvgIpc) is 2.78. The minimum absolute atomic E-state index is 0.0792. The van der Waals surface area contributed by atoms with Gasteiger partial charge >= 0.3 is 0 Å². The van der Waals surface area contributed by atoms with Crippen molar-refractivity contribution in [3.8, 4) is 0 Å². The number of hydrazine groups is 1. The summed E-state index contributed by atoms with van der Waals surface area (Å²) < 4.78 is 26.5. The van der Waals surface area contributed by atoms with E-state index in [2.05, 4.69) is 10.9 Å². The monoisotopic (exact) mass is 482 g/mol. The van der Waals surface area contributed by atoms with Crippen molar-refractivity contribution in [1.29, 1.82) is 0 Å². The third-order valence-electron chi connectivity index (χ3n) is 5.75. The maximum atomic E-state index is 13.9. The Balaban J connectivity index is 2.44. The smallest absolute Gasteiger partial charge is 0.270 e. The van der Waals surface area contributed by atoms with Crippen LogP contribution in [0.1, 0.15) is 56.8 Å². The topological polar surface area (TPSA) is 127 Å². The quantitative estimate of drug-likeness (QED) is 0.135. The molecule has 8 nitrogen and oxygen atoms in total. The molecule has 2 unspecified atom stereocenters. The summed E-state index contributed by atoms with van der Waals surface area (Å²) >= 11 is 6.72. The summed E-state index contributed by atoms with van der Waals surface area (Å²) in [6.07, 6.45) is 1.28. The van der Waals surface area contributed by atoms with Crippen LogP contribution in [0.5, 0.6) is 0 Å². The Bertz CT molecular complexity index is 1020. The number of nitro benzene ring substituents is 1. The first kappa shape index (κ1) is 26.2. The molecule has 4 N–H and O–H groups in total. The molecule has 0 aliphatic heterocycles. The third-order valence-corrected chi connectivity index (χ3v) is 9.22. The van der Waals surface area contributed by atoms with E-state index >= 15 is 0 Å². The molecular formula is C22H31ClN4O4S. The number of sulfone groups is 1. The van der Waals surface area contributed by atoms with Gasteiger partial charge in [0, 0.05) is 12.1 Å². The van der Waals surface area contributed by atoms with Gasteiger partial charge in [0.1, 0.15) is 10.2 Å². The van der Waals surface area contributed by atoms with Gasteiger partial charge < -0.3 is 5.73 Å². The molecule has 0 bridgehead atoms. The number of nitrogens with zero attached hydrogens (tertiary/aromatic N) is 1. The summed E-state index contributed by atoms with van der Waals surface area (Å²) in [5.41, 5.74) is 11.9. The number of benzene rings is 2. The number of hydrogen-bond donors (Lipinski definition) is 3. The van der Waals surface area contributed by atoms with Gasteiger partial charge in [0.05, 0.1) is 16.0 Å². The number of rotatable bonds is 12. The number of non-ortho nitro benzene ring substituents is 1. The lowest BCUT2D eigenvalue weighted by Gasteiger charge is -2.38. The van der Waals surface area contributed by atoms with Crippen LogP contribution in [0.3, 0.4) is 0 Å². The first-order valence-electron chi connectivity index (χ1n) is 10.6. The van der Waals surface area contributed by atoms with Crippen molar-refractivity contribution in [1.82, 2.24) is 10.9 Å². The van der Waals surface area contributed by atoms with E-state index < -0.39 is 31.2 Å². The van der Waals surface area contributed by atoms with Crippen molar-refractivity contribution in [2.45, 2.75) is 67.8 Å². The summed E-state index contributed by atoms with van der Waals surface area (Å²) in [6, 6.07) is 13.1. The second-order valence-corrected chi connectivity index (χ2v) is 10.5. The Morgan fingerprint density at radius 3 is 2.38 bits per heavy atom. The number of aryl methyl sites for hydroxylation is 1. The van der Waals surface area contributed by atoms with Gasteiger partial charge in [-0.15, -0.1) is 11.6 Å². The molecule has 2 aromatic rings. The molecule has 0 heterocycles. The largest absolute Gasteiger partial charge is 0.311 e. The number of alkyl halides is 1. The highest BCUT2D eigenvalue weighted by Gasteiger charge is 2.49. The van der Waals surface area contributed by atoms with Crippen molar-refractivity contribution in [3.05, 3.63) is 69.8 Å². The predicted octanol–water partition coefficient (Wildman–Crippen LogP) is 4.33. The fourth-order valence-corrected chi connectivity index (χ4v) is 6.68. The van der Waals surface area contributed by atoms with Crippen LogP contribution >= 0.6 is 11.6 Å². The Labute approximate surface area is 194 Å². The summed E-state index contributed by atoms with van der Waals surface area (Å²) in [5, 5.41) is 11.3. The highest BCUT2D eigenvalue weighted by molar-refractivity contribution is 7.93. The molecule has 0 spiro atoms. The zero-order valence-corrected chi connectivity index (χ0v) is 20.1. The standard InChI is InChI=1S/C22H31ClN4O4S/c1-4-6-14-22(5-2,21(23)26-25-20(24)17-10-8-7-9-11-17)32(30,31)19-15-18(27(28)29)13-12-16(19)3/h7-13,15,20-21,25-26H,4-6,14,24H2,1-3H3/t20?,21?,22-/m0/s1. The number of unbranched alkanes of at least 4 members (excludes halogenated alkanes) is 1. The van der Waals surface area contributed by atoms with Gasteiger partial charge in [0.2, 0.25) is 0 Å². The van der Waals surface area contributed by atoms with Crippen molar-refractivity contribution in [3.63, 3.8) is 0 Å². The second kappa shape index (κ2) is 11.2. The third kappa shape index (κ3) is 5.47. The van der Waals surface area contributed by atoms with Crippen LogP contribution in [-0.4, -0.2) is 23.6 Å². The number of nitrogens with two attached hydrogens (primary N) is 1. The minimum atomic E-state index is -4.06. The fourth-order valence-electron chi connectivity index (χ4n) is 3.67. The van der Waals surface area contributed by atoms with Crippen LogP contribution in [0.2, 0.25) is 0 Å². The molecule has 0 saturated carbocycles. The molecule has 10 heteroatoms. The lowest BCUT2D eigenvalue weighted by Crippen LogP contribution is -2.57. The van der Waals surface area contributed by atoms with E-state index in [0.717, 1.165) is 18.1 Å². The van der Waals surface area contributed by atoms with Crippen LogP contribution in [0.25, 0.3) is 0 Å². The number of nitro groups is 1. The van der Waals surface area contributed by atoms with Crippen LogP contribution < -0.4 is 16.6 Å². The van der Waals surface area contributed by atoms with Gasteiger partial charge in [-0.2, -0.15) is 0 Å². The zero-order valence-electron chi connectivity index (χ0n) is 18.5. The molecule has 2 rings (SSSR count). The Morgan fingerprint density at radius 2 is 1.81 bits per heavy atom. The molecule has 32 heavy (non-hydrogen) atoms. The van der Waals surface area contributed by atoms with Gasteiger partial charge in [-0.25, -0.2) is 19.3 Å². The molecular weight excluding hydrogens is 452 g/mol. The van der Waals surface area contributed by atoms with Crippen molar-refractivity contribution >= 4 is 27.1 Å². The normalized spacial score (nSPS) is 15.7. The first-order chi connectivity index (χ1) is 15.1. The zero-order chi connectivity index (χ0) is 23.9. The Kier molecular flexibility index (Phi) is 9.18. The van der Waals surface area contributed by atoms with E-state index in [1.165, 1.54) is 12.1 Å². The van der Waals surface area contributed by atoms with E-state index in [1.54, 1.807) is 13.8 Å². The van der Waals surface area contributed by atoms with E-state index in [9.17, 15) is 18.5 Å². The number of nitrogens with one attached hydrogen (secondary N) is 2. The maximum absolute atomic E-state index is 13.9. The van der Waals surface area contributed by atoms with Crippen molar-refractivity contribution < 1.29 is 13.3 Å². The van der Waals surface area contributed by atoms with Gasteiger partial charge in [-0.3, -0.25) is 10.1 Å². The predicted molar refractivity (Wildman–Crippen MR) is 127 cm³/mol. The average molecular weight is 483 g/mol. The minimum Gasteiger partial charge on any atom is -0.311 e. The molecule has 3 atom stereocenters. The molecule has 0 amide bonds. The maximum Gasteiger partial charge on any atom is 0.270 e. The second-order valence-electron chi connectivity index (χ2n) is 7.77. The van der Waals surface area contributed by atoms with Gasteiger partial charge in [-0.05, 0) is 30.9 Å². The van der Waals surface area contributed by atoms with Crippen LogP contribution in [0.15, 0.2) is 53.4 Å². The number of hydrogen-bond acceptors (Lipinski definition) is 7. The molecule has 0 aliphatic carbocycles. The fraction of sp³-hybridized carbons (Fsp3) is 0.455. The molecule has 0 radical (unpaired) electrons. The molecule has 176 valence electrons. The molecule has 0 fully saturated rings. The summed E-state index contributed by atoms with van der Waals surface area (Å²) in [4.78, 5) is 10.6. The number of halogens is 1.